The Morgan fingerprint density at radius 2 is 2.12 bits per heavy atom. The van der Waals surface area contributed by atoms with Crippen LogP contribution < -0.4 is 5.32 Å². The molecule has 1 amide bonds. The summed E-state index contributed by atoms with van der Waals surface area (Å²) >= 11 is 4.43. The zero-order valence-electron chi connectivity index (χ0n) is 14.9. The average Bonchev–Trinajstić information content (AvgIpc) is 3.17. The number of nitrogens with one attached hydrogen (secondary N) is 1. The Morgan fingerprint density at radius 1 is 1.31 bits per heavy atom. The third-order valence-electron chi connectivity index (χ3n) is 3.81. The van der Waals surface area contributed by atoms with Gasteiger partial charge in [-0.2, -0.15) is 0 Å². The summed E-state index contributed by atoms with van der Waals surface area (Å²) in [5, 5.41) is 13.6. The second-order valence-electron chi connectivity index (χ2n) is 5.58. The van der Waals surface area contributed by atoms with Gasteiger partial charge in [0.15, 0.2) is 0 Å². The molecule has 10 heteroatoms. The summed E-state index contributed by atoms with van der Waals surface area (Å²) in [6.45, 7) is 6.52. The molecule has 0 spiro atoms. The number of aryl methyl sites for hydroxylation is 2. The monoisotopic (exact) mass is 409 g/mol. The molecule has 0 bridgehead atoms. The van der Waals surface area contributed by atoms with Gasteiger partial charge in [-0.15, -0.1) is 21.5 Å². The standard InChI is InChI=1S/C16H19N5O2S3/c1-5-10(13(22)19-16-21-20-11(26-16)6-23-4)25-15-12-8(2)9(3)24-14(12)17-7-18-15/h7,10H,5-6H2,1-4H3,(H,19,21,22). The van der Waals surface area contributed by atoms with Crippen LogP contribution in [0.25, 0.3) is 10.2 Å². The van der Waals surface area contributed by atoms with Crippen LogP contribution in [0.5, 0.6) is 0 Å². The number of carbonyl (C=O) groups excluding carboxylic acids is 1. The highest BCUT2D eigenvalue weighted by molar-refractivity contribution is 8.00. The lowest BCUT2D eigenvalue weighted by molar-refractivity contribution is -0.115. The topological polar surface area (TPSA) is 89.9 Å². The van der Waals surface area contributed by atoms with Crippen LogP contribution in [0.1, 0.15) is 28.8 Å². The first kappa shape index (κ1) is 19.2. The molecule has 0 aromatic carbocycles. The average molecular weight is 410 g/mol. The van der Waals surface area contributed by atoms with Crippen molar-refractivity contribution in [2.24, 2.45) is 0 Å². The lowest BCUT2D eigenvalue weighted by atomic mass is 10.2. The molecule has 138 valence electrons. The van der Waals surface area contributed by atoms with E-state index in [1.807, 2.05) is 6.92 Å². The molecular formula is C16H19N5O2S3. The minimum atomic E-state index is -0.275. The summed E-state index contributed by atoms with van der Waals surface area (Å²) in [7, 11) is 1.60. The normalized spacial score (nSPS) is 12.5. The van der Waals surface area contributed by atoms with Crippen molar-refractivity contribution in [1.29, 1.82) is 0 Å². The van der Waals surface area contributed by atoms with Crippen LogP contribution in [0.2, 0.25) is 0 Å². The molecule has 0 aliphatic carbocycles. The van der Waals surface area contributed by atoms with Crippen molar-refractivity contribution in [3.05, 3.63) is 21.8 Å². The number of hydrogen-bond donors (Lipinski definition) is 1. The molecule has 26 heavy (non-hydrogen) atoms. The predicted molar refractivity (Wildman–Crippen MR) is 106 cm³/mol. The van der Waals surface area contributed by atoms with Gasteiger partial charge >= 0.3 is 0 Å². The van der Waals surface area contributed by atoms with Crippen molar-refractivity contribution in [3.63, 3.8) is 0 Å². The van der Waals surface area contributed by atoms with E-state index in [2.05, 4.69) is 39.3 Å². The van der Waals surface area contributed by atoms with E-state index in [0.717, 1.165) is 20.3 Å². The molecule has 3 aromatic heterocycles. The van der Waals surface area contributed by atoms with Crippen LogP contribution in [-0.4, -0.2) is 38.4 Å². The number of carbonyl (C=O) groups is 1. The van der Waals surface area contributed by atoms with E-state index in [4.69, 9.17) is 4.74 Å². The van der Waals surface area contributed by atoms with Gasteiger partial charge in [0.25, 0.3) is 0 Å². The van der Waals surface area contributed by atoms with E-state index in [0.29, 0.717) is 18.2 Å². The lowest BCUT2D eigenvalue weighted by Crippen LogP contribution is -2.24. The molecule has 0 saturated heterocycles. The first-order chi connectivity index (χ1) is 12.5. The van der Waals surface area contributed by atoms with E-state index < -0.39 is 0 Å². The molecule has 3 heterocycles. The number of amides is 1. The number of aromatic nitrogens is 4. The Labute approximate surface area is 163 Å². The predicted octanol–water partition coefficient (Wildman–Crippen LogP) is 3.82. The van der Waals surface area contributed by atoms with Crippen molar-refractivity contribution in [1.82, 2.24) is 20.2 Å². The molecule has 3 rings (SSSR count). The fourth-order valence-corrected chi connectivity index (χ4v) is 5.22. The highest BCUT2D eigenvalue weighted by atomic mass is 32.2. The van der Waals surface area contributed by atoms with Gasteiger partial charge in [0.2, 0.25) is 11.0 Å². The van der Waals surface area contributed by atoms with Gasteiger partial charge in [0.05, 0.1) is 5.25 Å². The minimum absolute atomic E-state index is 0.103. The maximum atomic E-state index is 12.7. The third-order valence-corrected chi connectivity index (χ3v) is 7.10. The number of thioether (sulfide) groups is 1. The fourth-order valence-electron chi connectivity index (χ4n) is 2.37. The Morgan fingerprint density at radius 3 is 2.85 bits per heavy atom. The van der Waals surface area contributed by atoms with Crippen molar-refractivity contribution in [2.75, 3.05) is 12.4 Å². The zero-order valence-corrected chi connectivity index (χ0v) is 17.3. The molecule has 1 atom stereocenters. The molecule has 0 radical (unpaired) electrons. The number of hydrogen-bond acceptors (Lipinski definition) is 9. The number of anilines is 1. The van der Waals surface area contributed by atoms with Crippen molar-refractivity contribution in [2.45, 2.75) is 44.1 Å². The molecule has 0 saturated carbocycles. The van der Waals surface area contributed by atoms with Gasteiger partial charge in [0, 0.05) is 17.4 Å². The number of methoxy groups -OCH3 is 1. The maximum Gasteiger partial charge on any atom is 0.239 e. The third kappa shape index (κ3) is 4.03. The molecular weight excluding hydrogens is 390 g/mol. The largest absolute Gasteiger partial charge is 0.377 e. The number of ether oxygens (including phenoxy) is 1. The summed E-state index contributed by atoms with van der Waals surface area (Å²) in [6, 6.07) is 0. The first-order valence-corrected chi connectivity index (χ1v) is 10.5. The Bertz CT molecular complexity index is 924. The van der Waals surface area contributed by atoms with E-state index in [1.165, 1.54) is 33.5 Å². The summed E-state index contributed by atoms with van der Waals surface area (Å²) < 4.78 is 5.03. The molecule has 0 aliphatic rings. The summed E-state index contributed by atoms with van der Waals surface area (Å²) in [6.07, 6.45) is 2.24. The second-order valence-corrected chi connectivity index (χ2v) is 9.04. The SMILES string of the molecule is CCC(Sc1ncnc2sc(C)c(C)c12)C(=O)Nc1nnc(COC)s1. The second kappa shape index (κ2) is 8.38. The zero-order chi connectivity index (χ0) is 18.7. The van der Waals surface area contributed by atoms with E-state index in [1.54, 1.807) is 24.8 Å². The summed E-state index contributed by atoms with van der Waals surface area (Å²) in [5.41, 5.74) is 1.18. The maximum absolute atomic E-state index is 12.7. The smallest absolute Gasteiger partial charge is 0.239 e. The Kier molecular flexibility index (Phi) is 6.17. The van der Waals surface area contributed by atoms with E-state index in [9.17, 15) is 4.79 Å². The highest BCUT2D eigenvalue weighted by Gasteiger charge is 2.23. The Balaban J connectivity index is 1.77. The van der Waals surface area contributed by atoms with E-state index in [-0.39, 0.29) is 11.2 Å². The quantitative estimate of drug-likeness (QED) is 0.469. The van der Waals surface area contributed by atoms with Gasteiger partial charge in [-0.05, 0) is 25.8 Å². The number of nitrogens with zero attached hydrogens (tertiary/aromatic N) is 4. The van der Waals surface area contributed by atoms with Crippen molar-refractivity contribution >= 4 is 55.7 Å². The van der Waals surface area contributed by atoms with E-state index >= 15 is 0 Å². The van der Waals surface area contributed by atoms with Gasteiger partial charge < -0.3 is 4.74 Å². The fraction of sp³-hybridized carbons (Fsp3) is 0.438. The number of rotatable bonds is 7. The Hall–Kier alpha value is -1.62. The van der Waals surface area contributed by atoms with Crippen LogP contribution >= 0.6 is 34.4 Å². The van der Waals surface area contributed by atoms with Crippen LogP contribution in [0, 0.1) is 13.8 Å². The van der Waals surface area contributed by atoms with Crippen LogP contribution in [0.3, 0.4) is 0 Å². The van der Waals surface area contributed by atoms with Gasteiger partial charge in [-0.1, -0.05) is 30.0 Å². The number of thiophene rings is 1. The van der Waals surface area contributed by atoms with Crippen LogP contribution in [0.4, 0.5) is 5.13 Å². The molecule has 0 aliphatic heterocycles. The molecule has 3 aromatic rings. The summed E-state index contributed by atoms with van der Waals surface area (Å²) in [5.74, 6) is -0.103. The van der Waals surface area contributed by atoms with Gasteiger partial charge in [0.1, 0.15) is 27.8 Å². The minimum Gasteiger partial charge on any atom is -0.377 e. The molecule has 1 unspecified atom stereocenters. The molecule has 0 fully saturated rings. The number of fused-ring (bicyclic) bond motifs is 1. The van der Waals surface area contributed by atoms with Crippen LogP contribution in [-0.2, 0) is 16.1 Å². The highest BCUT2D eigenvalue weighted by Crippen LogP contribution is 2.36. The van der Waals surface area contributed by atoms with Crippen molar-refractivity contribution in [3.8, 4) is 0 Å². The molecule has 1 N–H and O–H groups in total. The lowest BCUT2D eigenvalue weighted by Gasteiger charge is -2.13. The van der Waals surface area contributed by atoms with Gasteiger partial charge in [-0.3, -0.25) is 10.1 Å². The van der Waals surface area contributed by atoms with Crippen molar-refractivity contribution < 1.29 is 9.53 Å². The summed E-state index contributed by atoms with van der Waals surface area (Å²) in [4.78, 5) is 23.6. The first-order valence-electron chi connectivity index (χ1n) is 8.03. The van der Waals surface area contributed by atoms with Crippen LogP contribution in [0.15, 0.2) is 11.4 Å². The molecule has 7 nitrogen and oxygen atoms in total. The van der Waals surface area contributed by atoms with Gasteiger partial charge in [-0.25, -0.2) is 9.97 Å².